The first kappa shape index (κ1) is 31.3. The number of amides is 4. The van der Waals surface area contributed by atoms with Gasteiger partial charge in [-0.25, -0.2) is 4.79 Å². The lowest BCUT2D eigenvalue weighted by molar-refractivity contribution is -0.143. The van der Waals surface area contributed by atoms with Gasteiger partial charge in [0.05, 0.1) is 12.5 Å². The van der Waals surface area contributed by atoms with E-state index in [4.69, 9.17) is 28.0 Å². The van der Waals surface area contributed by atoms with Gasteiger partial charge in [-0.1, -0.05) is 0 Å². The Morgan fingerprint density at radius 3 is 2.00 bits per heavy atom. The molecule has 0 aliphatic heterocycles. The molecule has 0 fully saturated rings. The van der Waals surface area contributed by atoms with Crippen LogP contribution in [0.5, 0.6) is 0 Å². The zero-order valence-electron chi connectivity index (χ0n) is 18.9. The molecule has 34 heavy (non-hydrogen) atoms. The van der Waals surface area contributed by atoms with Crippen LogP contribution < -0.4 is 38.9 Å². The predicted octanol–water partition coefficient (Wildman–Crippen LogP) is -3.54. The summed E-state index contributed by atoms with van der Waals surface area (Å²) in [6.07, 6.45) is 2.17. The highest BCUT2D eigenvalue weighted by atomic mass is 32.2. The number of guanidine groups is 1. The molecule has 0 bridgehead atoms. The van der Waals surface area contributed by atoms with Gasteiger partial charge in [-0.3, -0.25) is 24.2 Å². The lowest BCUT2D eigenvalue weighted by atomic mass is 10.1. The lowest BCUT2D eigenvalue weighted by Crippen LogP contribution is -2.58. The molecule has 0 aromatic rings. The van der Waals surface area contributed by atoms with E-state index in [9.17, 15) is 24.0 Å². The van der Waals surface area contributed by atoms with Crippen LogP contribution in [0, 0.1) is 0 Å². The summed E-state index contributed by atoms with van der Waals surface area (Å²) in [7, 11) is 0. The average Bonchev–Trinajstić information content (AvgIpc) is 2.76. The quantitative estimate of drug-likeness (QED) is 0.0393. The topological polar surface area (TPSA) is 258 Å². The van der Waals surface area contributed by atoms with Crippen molar-refractivity contribution in [3.63, 3.8) is 0 Å². The number of hydrogen-bond donors (Lipinski definition) is 9. The van der Waals surface area contributed by atoms with Crippen molar-refractivity contribution >= 4 is 59.9 Å². The van der Waals surface area contributed by atoms with Gasteiger partial charge >= 0.3 is 5.97 Å². The van der Waals surface area contributed by atoms with E-state index in [-0.39, 0.29) is 24.6 Å². The Bertz CT molecular complexity index is 750. The van der Waals surface area contributed by atoms with Gasteiger partial charge in [0, 0.05) is 12.3 Å². The molecule has 12 N–H and O–H groups in total. The number of aliphatic imine (C=N–C) groups is 1. The van der Waals surface area contributed by atoms with Crippen LogP contribution in [0.2, 0.25) is 0 Å². The van der Waals surface area contributed by atoms with E-state index >= 15 is 0 Å². The number of primary amides is 1. The number of nitrogens with one attached hydrogen (secondary N) is 3. The van der Waals surface area contributed by atoms with Gasteiger partial charge in [0.1, 0.15) is 18.1 Å². The molecule has 4 unspecified atom stereocenters. The molecule has 0 aliphatic carbocycles. The van der Waals surface area contributed by atoms with E-state index in [1.54, 1.807) is 0 Å². The summed E-state index contributed by atoms with van der Waals surface area (Å²) in [5, 5.41) is 16.3. The Morgan fingerprint density at radius 1 is 0.941 bits per heavy atom. The van der Waals surface area contributed by atoms with Crippen LogP contribution in [0.1, 0.15) is 25.7 Å². The monoisotopic (exact) mass is 522 g/mol. The van der Waals surface area contributed by atoms with Crippen LogP contribution in [-0.2, 0) is 24.0 Å². The van der Waals surface area contributed by atoms with Crippen LogP contribution in [0.3, 0.4) is 0 Å². The van der Waals surface area contributed by atoms with Gasteiger partial charge in [0.15, 0.2) is 5.96 Å². The van der Waals surface area contributed by atoms with E-state index in [0.717, 1.165) is 0 Å². The summed E-state index contributed by atoms with van der Waals surface area (Å²) in [6, 6.07) is -4.70. The third-order valence-corrected chi connectivity index (χ3v) is 5.39. The molecule has 16 heteroatoms. The summed E-state index contributed by atoms with van der Waals surface area (Å²) in [5.74, 6) is -4.22. The second kappa shape index (κ2) is 16.8. The normalized spacial score (nSPS) is 14.1. The molecular formula is C18H34N8O6S2. The highest BCUT2D eigenvalue weighted by molar-refractivity contribution is 7.98. The predicted molar refractivity (Wildman–Crippen MR) is 132 cm³/mol. The molecule has 0 aromatic carbocycles. The van der Waals surface area contributed by atoms with E-state index in [1.165, 1.54) is 11.8 Å². The number of carboxylic acid groups (broad SMARTS) is 1. The third kappa shape index (κ3) is 13.1. The SMILES string of the molecule is CSCCC(NC(=O)C(N)CCCN=C(N)N)C(=O)NC(CS)C(=O)NC(CC(N)=O)C(=O)O. The highest BCUT2D eigenvalue weighted by Crippen LogP contribution is 2.05. The Hall–Kier alpha value is -2.72. The fourth-order valence-corrected chi connectivity index (χ4v) is 3.30. The zero-order chi connectivity index (χ0) is 26.3. The smallest absolute Gasteiger partial charge is 0.326 e. The number of carbonyl (C=O) groups excluding carboxylic acids is 4. The van der Waals surface area contributed by atoms with Gasteiger partial charge in [-0.15, -0.1) is 0 Å². The minimum Gasteiger partial charge on any atom is -0.480 e. The molecule has 0 saturated carbocycles. The second-order valence-corrected chi connectivity index (χ2v) is 8.56. The minimum absolute atomic E-state index is 0.0705. The van der Waals surface area contributed by atoms with Crippen LogP contribution in [0.15, 0.2) is 4.99 Å². The average molecular weight is 523 g/mol. The number of thioether (sulfide) groups is 1. The van der Waals surface area contributed by atoms with Crippen molar-refractivity contribution in [2.24, 2.45) is 27.9 Å². The molecule has 0 aromatic heterocycles. The van der Waals surface area contributed by atoms with Crippen LogP contribution in [-0.4, -0.2) is 89.1 Å². The summed E-state index contributed by atoms with van der Waals surface area (Å²) in [4.78, 5) is 63.7. The number of thiol groups is 1. The molecule has 0 aliphatic rings. The molecule has 4 atom stereocenters. The van der Waals surface area contributed by atoms with Crippen LogP contribution in [0.4, 0.5) is 0 Å². The maximum absolute atomic E-state index is 12.8. The van der Waals surface area contributed by atoms with Gasteiger partial charge in [-0.05, 0) is 31.3 Å². The number of nitrogens with two attached hydrogens (primary N) is 4. The number of carboxylic acids is 1. The Morgan fingerprint density at radius 2 is 1.50 bits per heavy atom. The maximum atomic E-state index is 12.8. The molecule has 194 valence electrons. The van der Waals surface area contributed by atoms with E-state index in [2.05, 4.69) is 33.6 Å². The Kier molecular flexibility index (Phi) is 15.5. The van der Waals surface area contributed by atoms with Crippen molar-refractivity contribution in [1.29, 1.82) is 0 Å². The lowest BCUT2D eigenvalue weighted by Gasteiger charge is -2.24. The fourth-order valence-electron chi connectivity index (χ4n) is 2.57. The molecule has 0 rings (SSSR count). The van der Waals surface area contributed by atoms with E-state index < -0.39 is 60.2 Å². The van der Waals surface area contributed by atoms with Crippen molar-refractivity contribution in [3.05, 3.63) is 0 Å². The number of carbonyl (C=O) groups is 5. The first-order valence-electron chi connectivity index (χ1n) is 10.3. The molecule has 0 saturated heterocycles. The van der Waals surface area contributed by atoms with Crippen LogP contribution in [0.25, 0.3) is 0 Å². The number of hydrogen-bond acceptors (Lipinski definition) is 9. The summed E-state index contributed by atoms with van der Waals surface area (Å²) >= 11 is 5.47. The van der Waals surface area contributed by atoms with Crippen molar-refractivity contribution in [3.8, 4) is 0 Å². The first-order valence-corrected chi connectivity index (χ1v) is 12.3. The Balaban J connectivity index is 5.13. The van der Waals surface area contributed by atoms with Gasteiger partial charge < -0.3 is 44.0 Å². The molecule has 0 spiro atoms. The third-order valence-electron chi connectivity index (χ3n) is 4.38. The molecular weight excluding hydrogens is 488 g/mol. The molecule has 4 amide bonds. The number of aliphatic carboxylic acids is 1. The molecule has 0 heterocycles. The van der Waals surface area contributed by atoms with Gasteiger partial charge in [0.2, 0.25) is 23.6 Å². The Labute approximate surface area is 207 Å². The van der Waals surface area contributed by atoms with Crippen LogP contribution >= 0.6 is 24.4 Å². The van der Waals surface area contributed by atoms with Crippen molar-refractivity contribution in [2.75, 3.05) is 24.3 Å². The standard InChI is InChI=1S/C18H34N8O6S2/c1-34-6-4-10(24-14(28)9(19)3-2-5-23-18(21)22)15(29)26-12(8-33)16(30)25-11(17(31)32)7-13(20)27/h9-12,33H,2-8,19H2,1H3,(H2,20,27)(H,24,28)(H,25,30)(H,26,29)(H,31,32)(H4,21,22,23). The summed E-state index contributed by atoms with van der Waals surface area (Å²) < 4.78 is 0. The summed E-state index contributed by atoms with van der Waals surface area (Å²) in [6.45, 7) is 0.297. The van der Waals surface area contributed by atoms with Gasteiger partial charge in [0.25, 0.3) is 0 Å². The van der Waals surface area contributed by atoms with E-state index in [0.29, 0.717) is 18.7 Å². The number of rotatable bonds is 17. The molecule has 0 radical (unpaired) electrons. The first-order chi connectivity index (χ1) is 15.9. The van der Waals surface area contributed by atoms with Crippen molar-refractivity contribution < 1.29 is 29.1 Å². The number of nitrogens with zero attached hydrogens (tertiary/aromatic N) is 1. The van der Waals surface area contributed by atoms with Gasteiger partial charge in [-0.2, -0.15) is 24.4 Å². The highest BCUT2D eigenvalue weighted by Gasteiger charge is 2.30. The minimum atomic E-state index is -1.56. The fraction of sp³-hybridized carbons (Fsp3) is 0.667. The second-order valence-electron chi connectivity index (χ2n) is 7.21. The maximum Gasteiger partial charge on any atom is 0.326 e. The molecule has 14 nitrogen and oxygen atoms in total. The van der Waals surface area contributed by atoms with Crippen molar-refractivity contribution in [2.45, 2.75) is 49.9 Å². The van der Waals surface area contributed by atoms with Crippen molar-refractivity contribution in [1.82, 2.24) is 16.0 Å². The van der Waals surface area contributed by atoms with E-state index in [1.807, 2.05) is 6.26 Å². The largest absolute Gasteiger partial charge is 0.480 e. The summed E-state index contributed by atoms with van der Waals surface area (Å²) in [5.41, 5.74) is 21.4. The zero-order valence-corrected chi connectivity index (χ0v) is 20.6.